The largest absolute Gasteiger partial charge is 0.361 e. The summed E-state index contributed by atoms with van der Waals surface area (Å²) >= 11 is 1.44. The van der Waals surface area contributed by atoms with Crippen molar-refractivity contribution in [3.8, 4) is 0 Å². The fourth-order valence-corrected chi connectivity index (χ4v) is 1.98. The maximum absolute atomic E-state index is 11.7. The van der Waals surface area contributed by atoms with Gasteiger partial charge in [0, 0.05) is 0 Å². The summed E-state index contributed by atoms with van der Waals surface area (Å²) in [5, 5.41) is 5.47. The Kier molecular flexibility index (Phi) is 2.41. The van der Waals surface area contributed by atoms with Gasteiger partial charge in [0.1, 0.15) is 5.60 Å². The van der Waals surface area contributed by atoms with E-state index in [-0.39, 0.29) is 5.91 Å². The fraction of sp³-hybridized carbons (Fsp3) is 0.500. The highest BCUT2D eigenvalue weighted by Gasteiger charge is 2.52. The zero-order valence-corrected chi connectivity index (χ0v) is 8.95. The summed E-state index contributed by atoms with van der Waals surface area (Å²) in [6.07, 6.45) is 1.69. The van der Waals surface area contributed by atoms with E-state index < -0.39 is 5.60 Å². The topological polar surface area (TPSA) is 38.3 Å². The molecule has 1 heterocycles. The number of ether oxygens (including phenoxy) is 1. The first-order chi connectivity index (χ1) is 6.68. The van der Waals surface area contributed by atoms with Crippen LogP contribution in [0.15, 0.2) is 22.6 Å². The second-order valence-corrected chi connectivity index (χ2v) is 4.61. The number of rotatable bonds is 2. The zero-order valence-electron chi connectivity index (χ0n) is 8.13. The zero-order chi connectivity index (χ0) is 10.2. The van der Waals surface area contributed by atoms with Crippen molar-refractivity contribution in [3.05, 3.63) is 22.6 Å². The molecule has 0 unspecified atom stereocenters. The molecule has 0 aromatic carbocycles. The Morgan fingerprint density at radius 1 is 1.64 bits per heavy atom. The highest BCUT2D eigenvalue weighted by molar-refractivity contribution is 8.05. The molecule has 1 N–H and O–H groups in total. The van der Waals surface area contributed by atoms with E-state index in [1.165, 1.54) is 11.8 Å². The van der Waals surface area contributed by atoms with Crippen LogP contribution in [-0.2, 0) is 9.53 Å². The van der Waals surface area contributed by atoms with Crippen LogP contribution in [0.5, 0.6) is 0 Å². The first kappa shape index (κ1) is 9.80. The van der Waals surface area contributed by atoms with E-state index in [0.717, 1.165) is 23.4 Å². The van der Waals surface area contributed by atoms with Gasteiger partial charge in [-0.2, -0.15) is 0 Å². The SMILES string of the molecule is C=CSC1=C(C)COC2(CC2)C(=O)N1. The standard InChI is InChI=1S/C10H13NO2S/c1-3-14-8-7(2)6-13-10(4-5-10)9(12)11-8/h3H,1,4-6H2,2H3,(H,11,12). The minimum atomic E-state index is -0.509. The molecule has 0 radical (unpaired) electrons. The lowest BCUT2D eigenvalue weighted by molar-refractivity contribution is -0.133. The third-order valence-corrected chi connectivity index (χ3v) is 3.35. The molecule has 1 fully saturated rings. The average Bonchev–Trinajstić information content (AvgIpc) is 2.94. The van der Waals surface area contributed by atoms with Gasteiger partial charge in [0.15, 0.2) is 0 Å². The summed E-state index contributed by atoms with van der Waals surface area (Å²) in [6, 6.07) is 0. The normalized spacial score (nSPS) is 24.5. The molecule has 0 saturated heterocycles. The van der Waals surface area contributed by atoms with E-state index in [0.29, 0.717) is 6.61 Å². The van der Waals surface area contributed by atoms with Crippen LogP contribution in [0.25, 0.3) is 0 Å². The first-order valence-corrected chi connectivity index (χ1v) is 5.49. The summed E-state index contributed by atoms with van der Waals surface area (Å²) in [4.78, 5) is 11.7. The van der Waals surface area contributed by atoms with Crippen molar-refractivity contribution in [2.24, 2.45) is 0 Å². The number of nitrogens with one attached hydrogen (secondary N) is 1. The molecule has 0 aromatic heterocycles. The summed E-state index contributed by atoms with van der Waals surface area (Å²) in [6.45, 7) is 6.14. The molecule has 1 saturated carbocycles. The van der Waals surface area contributed by atoms with E-state index in [1.54, 1.807) is 5.41 Å². The summed E-state index contributed by atoms with van der Waals surface area (Å²) in [7, 11) is 0. The summed E-state index contributed by atoms with van der Waals surface area (Å²) < 4.78 is 5.58. The molecule has 2 aliphatic rings. The molecule has 0 atom stereocenters. The molecule has 1 spiro atoms. The van der Waals surface area contributed by atoms with Gasteiger partial charge in [-0.3, -0.25) is 4.79 Å². The van der Waals surface area contributed by atoms with Crippen LogP contribution in [-0.4, -0.2) is 18.1 Å². The molecule has 1 amide bonds. The van der Waals surface area contributed by atoms with Gasteiger partial charge in [-0.1, -0.05) is 18.3 Å². The van der Waals surface area contributed by atoms with Gasteiger partial charge in [0.25, 0.3) is 5.91 Å². The van der Waals surface area contributed by atoms with Crippen LogP contribution in [0.4, 0.5) is 0 Å². The maximum atomic E-state index is 11.7. The van der Waals surface area contributed by atoms with Crippen LogP contribution >= 0.6 is 11.8 Å². The van der Waals surface area contributed by atoms with Gasteiger partial charge in [0.05, 0.1) is 11.6 Å². The number of hydrogen-bond acceptors (Lipinski definition) is 3. The Hall–Kier alpha value is -0.740. The van der Waals surface area contributed by atoms with Crippen LogP contribution in [0, 0.1) is 0 Å². The van der Waals surface area contributed by atoms with E-state index >= 15 is 0 Å². The number of hydrogen-bond donors (Lipinski definition) is 1. The lowest BCUT2D eigenvalue weighted by Crippen LogP contribution is -2.35. The van der Waals surface area contributed by atoms with Crippen LogP contribution < -0.4 is 5.32 Å². The molecule has 0 bridgehead atoms. The Morgan fingerprint density at radius 3 is 2.93 bits per heavy atom. The molecular formula is C10H13NO2S. The molecule has 1 aliphatic heterocycles. The van der Waals surface area contributed by atoms with Crippen molar-refractivity contribution in [1.29, 1.82) is 0 Å². The summed E-state index contributed by atoms with van der Waals surface area (Å²) in [5.41, 5.74) is 0.553. The van der Waals surface area contributed by atoms with Gasteiger partial charge < -0.3 is 10.1 Å². The van der Waals surface area contributed by atoms with Gasteiger partial charge in [-0.15, -0.1) is 0 Å². The minimum absolute atomic E-state index is 0.00120. The predicted octanol–water partition coefficient (Wildman–Crippen LogP) is 1.77. The second-order valence-electron chi connectivity index (χ2n) is 3.63. The van der Waals surface area contributed by atoms with Crippen molar-refractivity contribution in [3.63, 3.8) is 0 Å². The highest BCUT2D eigenvalue weighted by atomic mass is 32.2. The number of carbonyl (C=O) groups excluding carboxylic acids is 1. The molecule has 76 valence electrons. The monoisotopic (exact) mass is 211 g/mol. The van der Waals surface area contributed by atoms with Gasteiger partial charge >= 0.3 is 0 Å². The molecular weight excluding hydrogens is 198 g/mol. The highest BCUT2D eigenvalue weighted by Crippen LogP contribution is 2.42. The van der Waals surface area contributed by atoms with Crippen LogP contribution in [0.2, 0.25) is 0 Å². The van der Waals surface area contributed by atoms with E-state index in [2.05, 4.69) is 11.9 Å². The average molecular weight is 211 g/mol. The molecule has 1 aliphatic carbocycles. The molecule has 3 nitrogen and oxygen atoms in total. The van der Waals surface area contributed by atoms with Gasteiger partial charge in [-0.05, 0) is 30.7 Å². The van der Waals surface area contributed by atoms with E-state index in [9.17, 15) is 4.79 Å². The Labute approximate surface area is 87.6 Å². The molecule has 4 heteroatoms. The number of carbonyl (C=O) groups is 1. The Bertz CT molecular complexity index is 318. The lowest BCUT2D eigenvalue weighted by atomic mass is 10.3. The van der Waals surface area contributed by atoms with Gasteiger partial charge in [-0.25, -0.2) is 0 Å². The van der Waals surface area contributed by atoms with Crippen molar-refractivity contribution >= 4 is 17.7 Å². The fourth-order valence-electron chi connectivity index (χ4n) is 1.40. The van der Waals surface area contributed by atoms with Crippen LogP contribution in [0.1, 0.15) is 19.8 Å². The quantitative estimate of drug-likeness (QED) is 0.756. The summed E-state index contributed by atoms with van der Waals surface area (Å²) in [5.74, 6) is -0.00120. The van der Waals surface area contributed by atoms with E-state index in [4.69, 9.17) is 4.74 Å². The van der Waals surface area contributed by atoms with Crippen molar-refractivity contribution in [2.45, 2.75) is 25.4 Å². The maximum Gasteiger partial charge on any atom is 0.257 e. The Morgan fingerprint density at radius 2 is 2.36 bits per heavy atom. The Balaban J connectivity index is 2.17. The molecule has 14 heavy (non-hydrogen) atoms. The third kappa shape index (κ3) is 1.60. The van der Waals surface area contributed by atoms with Crippen molar-refractivity contribution in [1.82, 2.24) is 5.32 Å². The third-order valence-electron chi connectivity index (χ3n) is 2.50. The lowest BCUT2D eigenvalue weighted by Gasteiger charge is -2.11. The van der Waals surface area contributed by atoms with Crippen molar-refractivity contribution in [2.75, 3.05) is 6.61 Å². The van der Waals surface area contributed by atoms with Gasteiger partial charge in [0.2, 0.25) is 0 Å². The predicted molar refractivity (Wildman–Crippen MR) is 56.5 cm³/mol. The minimum Gasteiger partial charge on any atom is -0.361 e. The van der Waals surface area contributed by atoms with Crippen molar-refractivity contribution < 1.29 is 9.53 Å². The smallest absolute Gasteiger partial charge is 0.257 e. The first-order valence-electron chi connectivity index (χ1n) is 4.61. The molecule has 2 rings (SSSR count). The molecule has 0 aromatic rings. The number of thioether (sulfide) groups is 1. The number of amides is 1. The van der Waals surface area contributed by atoms with E-state index in [1.807, 2.05) is 6.92 Å². The van der Waals surface area contributed by atoms with Crippen LogP contribution in [0.3, 0.4) is 0 Å². The second kappa shape index (κ2) is 3.44.